The minimum atomic E-state index is -0.876. The number of nitrogens with two attached hydrogens (primary N) is 2. The third-order valence-corrected chi connectivity index (χ3v) is 3.35. The van der Waals surface area contributed by atoms with Crippen LogP contribution in [0.15, 0.2) is 12.1 Å². The first-order chi connectivity index (χ1) is 7.99. The lowest BCUT2D eigenvalue weighted by atomic mass is 10.2. The summed E-state index contributed by atoms with van der Waals surface area (Å²) in [5.74, 6) is -0.954. The molecule has 1 unspecified atom stereocenters. The highest BCUT2D eigenvalue weighted by Crippen LogP contribution is 2.21. The molecule has 0 aliphatic heterocycles. The molecule has 1 heterocycles. The zero-order valence-corrected chi connectivity index (χ0v) is 11.9. The van der Waals surface area contributed by atoms with E-state index in [2.05, 4.69) is 5.32 Å². The van der Waals surface area contributed by atoms with Gasteiger partial charge in [0.2, 0.25) is 11.8 Å². The maximum Gasteiger partial charge on any atom is 0.237 e. The van der Waals surface area contributed by atoms with Crippen molar-refractivity contribution >= 4 is 47.2 Å². The molecule has 0 saturated heterocycles. The third-order valence-electron chi connectivity index (χ3n) is 2.06. The second-order valence-corrected chi connectivity index (χ2v) is 5.32. The predicted molar refractivity (Wildman–Crippen MR) is 75.1 cm³/mol. The Labute approximate surface area is 120 Å². The standard InChI is InChI=1S/C10H14ClN3O2S.ClH/c11-8-2-1-6(17-8)3-4-14-10(16)7(12)5-9(13)15;/h1-2,7H,3-5,12H2,(H2,13,15)(H,14,16);1H. The highest BCUT2D eigenvalue weighted by Gasteiger charge is 2.15. The van der Waals surface area contributed by atoms with Gasteiger partial charge in [-0.25, -0.2) is 0 Å². The number of thiophene rings is 1. The van der Waals surface area contributed by atoms with E-state index in [0.29, 0.717) is 13.0 Å². The van der Waals surface area contributed by atoms with E-state index in [1.807, 2.05) is 12.1 Å². The van der Waals surface area contributed by atoms with Gasteiger partial charge in [-0.2, -0.15) is 0 Å². The molecule has 0 spiro atoms. The van der Waals surface area contributed by atoms with Crippen LogP contribution in [-0.4, -0.2) is 24.4 Å². The molecule has 5 nitrogen and oxygen atoms in total. The van der Waals surface area contributed by atoms with E-state index in [1.54, 1.807) is 0 Å². The van der Waals surface area contributed by atoms with Gasteiger partial charge in [0, 0.05) is 11.4 Å². The molecule has 0 saturated carbocycles. The average Bonchev–Trinajstić information content (AvgIpc) is 2.63. The van der Waals surface area contributed by atoms with Crippen molar-refractivity contribution in [2.45, 2.75) is 18.9 Å². The second-order valence-electron chi connectivity index (χ2n) is 3.52. The highest BCUT2D eigenvalue weighted by atomic mass is 35.5. The summed E-state index contributed by atoms with van der Waals surface area (Å²) in [5.41, 5.74) is 10.4. The molecule has 1 rings (SSSR count). The Kier molecular flexibility index (Phi) is 7.93. The Bertz CT molecular complexity index is 412. The van der Waals surface area contributed by atoms with Gasteiger partial charge in [-0.05, 0) is 18.6 Å². The summed E-state index contributed by atoms with van der Waals surface area (Å²) in [6.07, 6.45) is 0.545. The van der Waals surface area contributed by atoms with Crippen LogP contribution in [0.25, 0.3) is 0 Å². The first-order valence-corrected chi connectivity index (χ1v) is 6.24. The van der Waals surface area contributed by atoms with E-state index in [1.165, 1.54) is 11.3 Å². The van der Waals surface area contributed by atoms with Crippen molar-refractivity contribution in [3.63, 3.8) is 0 Å². The fourth-order valence-corrected chi connectivity index (χ4v) is 2.32. The van der Waals surface area contributed by atoms with Gasteiger partial charge in [-0.15, -0.1) is 23.7 Å². The van der Waals surface area contributed by atoms with Crippen LogP contribution in [0, 0.1) is 0 Å². The summed E-state index contributed by atoms with van der Waals surface area (Å²) in [6, 6.07) is 2.84. The van der Waals surface area contributed by atoms with Crippen LogP contribution in [0.2, 0.25) is 4.34 Å². The van der Waals surface area contributed by atoms with Crippen LogP contribution in [0.4, 0.5) is 0 Å². The van der Waals surface area contributed by atoms with Gasteiger partial charge in [0.05, 0.1) is 16.8 Å². The van der Waals surface area contributed by atoms with Crippen molar-refractivity contribution in [1.29, 1.82) is 0 Å². The number of hydrogen-bond donors (Lipinski definition) is 3. The van der Waals surface area contributed by atoms with Crippen LogP contribution in [-0.2, 0) is 16.0 Å². The lowest BCUT2D eigenvalue weighted by Crippen LogP contribution is -2.43. The van der Waals surface area contributed by atoms with E-state index in [-0.39, 0.29) is 24.7 Å². The van der Waals surface area contributed by atoms with Crippen molar-refractivity contribution in [2.24, 2.45) is 11.5 Å². The molecule has 1 aromatic rings. The maximum absolute atomic E-state index is 11.4. The zero-order valence-electron chi connectivity index (χ0n) is 9.52. The molecule has 0 aliphatic carbocycles. The monoisotopic (exact) mass is 311 g/mol. The summed E-state index contributed by atoms with van der Waals surface area (Å²) < 4.78 is 0.719. The number of halogens is 2. The molecule has 0 bridgehead atoms. The molecule has 18 heavy (non-hydrogen) atoms. The Morgan fingerprint density at radius 3 is 2.61 bits per heavy atom. The molecule has 1 atom stereocenters. The lowest BCUT2D eigenvalue weighted by molar-refractivity contribution is -0.126. The molecule has 2 amide bonds. The summed E-state index contributed by atoms with van der Waals surface area (Å²) in [5, 5.41) is 2.64. The van der Waals surface area contributed by atoms with E-state index in [4.69, 9.17) is 23.1 Å². The SMILES string of the molecule is Cl.NC(=O)CC(N)C(=O)NCCc1ccc(Cl)s1. The minimum Gasteiger partial charge on any atom is -0.370 e. The third kappa shape index (κ3) is 6.20. The van der Waals surface area contributed by atoms with E-state index >= 15 is 0 Å². The number of nitrogens with one attached hydrogen (secondary N) is 1. The van der Waals surface area contributed by atoms with Crippen LogP contribution in [0.3, 0.4) is 0 Å². The summed E-state index contributed by atoms with van der Waals surface area (Å²) in [6.45, 7) is 0.460. The first-order valence-electron chi connectivity index (χ1n) is 5.05. The Balaban J connectivity index is 0.00000289. The zero-order chi connectivity index (χ0) is 12.8. The van der Waals surface area contributed by atoms with Crippen LogP contribution >= 0.6 is 35.3 Å². The van der Waals surface area contributed by atoms with E-state index in [9.17, 15) is 9.59 Å². The number of carbonyl (C=O) groups is 2. The fraction of sp³-hybridized carbons (Fsp3) is 0.400. The molecular formula is C10H15Cl2N3O2S. The van der Waals surface area contributed by atoms with Crippen molar-refractivity contribution in [3.05, 3.63) is 21.3 Å². The number of carbonyl (C=O) groups excluding carboxylic acids is 2. The van der Waals surface area contributed by atoms with E-state index in [0.717, 1.165) is 9.21 Å². The van der Waals surface area contributed by atoms with Crippen LogP contribution in [0.5, 0.6) is 0 Å². The van der Waals surface area contributed by atoms with Crippen LogP contribution in [0.1, 0.15) is 11.3 Å². The quantitative estimate of drug-likeness (QED) is 0.720. The molecule has 0 aromatic carbocycles. The summed E-state index contributed by atoms with van der Waals surface area (Å²) in [4.78, 5) is 23.1. The largest absolute Gasteiger partial charge is 0.370 e. The number of hydrogen-bond acceptors (Lipinski definition) is 4. The molecule has 0 fully saturated rings. The molecule has 5 N–H and O–H groups in total. The Morgan fingerprint density at radius 1 is 1.44 bits per heavy atom. The number of rotatable bonds is 6. The van der Waals surface area contributed by atoms with Gasteiger partial charge in [0.25, 0.3) is 0 Å². The van der Waals surface area contributed by atoms with Gasteiger partial charge < -0.3 is 16.8 Å². The van der Waals surface area contributed by atoms with Crippen molar-refractivity contribution in [2.75, 3.05) is 6.54 Å². The number of amides is 2. The highest BCUT2D eigenvalue weighted by molar-refractivity contribution is 7.16. The maximum atomic E-state index is 11.4. The lowest BCUT2D eigenvalue weighted by Gasteiger charge is -2.09. The average molecular weight is 312 g/mol. The molecule has 8 heteroatoms. The van der Waals surface area contributed by atoms with Crippen molar-refractivity contribution < 1.29 is 9.59 Å². The van der Waals surface area contributed by atoms with E-state index < -0.39 is 11.9 Å². The molecular weight excluding hydrogens is 297 g/mol. The molecule has 1 aromatic heterocycles. The normalized spacial score (nSPS) is 11.4. The Morgan fingerprint density at radius 2 is 2.11 bits per heavy atom. The van der Waals surface area contributed by atoms with Gasteiger partial charge in [0.1, 0.15) is 0 Å². The van der Waals surface area contributed by atoms with Gasteiger partial charge in [0.15, 0.2) is 0 Å². The Hall–Kier alpha value is -0.820. The summed E-state index contributed by atoms with van der Waals surface area (Å²) >= 11 is 7.24. The smallest absolute Gasteiger partial charge is 0.237 e. The van der Waals surface area contributed by atoms with Crippen LogP contribution < -0.4 is 16.8 Å². The molecule has 0 radical (unpaired) electrons. The topological polar surface area (TPSA) is 98.2 Å². The molecule has 0 aliphatic rings. The number of primary amides is 1. The van der Waals surface area contributed by atoms with Gasteiger partial charge in [-0.1, -0.05) is 11.6 Å². The fourth-order valence-electron chi connectivity index (χ4n) is 1.24. The predicted octanol–water partition coefficient (Wildman–Crippen LogP) is 0.685. The summed E-state index contributed by atoms with van der Waals surface area (Å²) in [7, 11) is 0. The second kappa shape index (κ2) is 8.31. The minimum absolute atomic E-state index is 0. The van der Waals surface area contributed by atoms with Crippen molar-refractivity contribution in [3.8, 4) is 0 Å². The first kappa shape index (κ1) is 17.2. The van der Waals surface area contributed by atoms with Crippen molar-refractivity contribution in [1.82, 2.24) is 5.32 Å². The van der Waals surface area contributed by atoms with Gasteiger partial charge in [-0.3, -0.25) is 9.59 Å². The van der Waals surface area contributed by atoms with Gasteiger partial charge >= 0.3 is 0 Å². The molecule has 102 valence electrons.